The summed E-state index contributed by atoms with van der Waals surface area (Å²) in [6.07, 6.45) is 5.71. The van der Waals surface area contributed by atoms with Crippen LogP contribution >= 0.6 is 0 Å². The van der Waals surface area contributed by atoms with E-state index in [4.69, 9.17) is 0 Å². The van der Waals surface area contributed by atoms with Gasteiger partial charge in [0.25, 0.3) is 0 Å². The molecule has 1 aromatic rings. The zero-order valence-corrected chi connectivity index (χ0v) is 17.2. The van der Waals surface area contributed by atoms with Crippen LogP contribution in [0.2, 0.25) is 0 Å². The quantitative estimate of drug-likeness (QED) is 0.691. The van der Waals surface area contributed by atoms with Crippen LogP contribution in [0.4, 0.5) is 4.39 Å². The van der Waals surface area contributed by atoms with Crippen LogP contribution in [0.25, 0.3) is 0 Å². The first-order valence-electron chi connectivity index (χ1n) is 11.1. The van der Waals surface area contributed by atoms with Crippen molar-refractivity contribution in [2.45, 2.75) is 70.4 Å². The number of Topliss-reactive ketones (excluding diaryl/α,β-unsaturated/α-hetero) is 1. The van der Waals surface area contributed by atoms with Crippen molar-refractivity contribution in [1.82, 2.24) is 5.32 Å². The number of benzene rings is 1. The van der Waals surface area contributed by atoms with Gasteiger partial charge in [0, 0.05) is 11.8 Å². The first-order valence-corrected chi connectivity index (χ1v) is 11.1. The molecule has 0 saturated heterocycles. The van der Waals surface area contributed by atoms with Gasteiger partial charge >= 0.3 is 0 Å². The van der Waals surface area contributed by atoms with Crippen molar-refractivity contribution >= 4 is 5.78 Å². The fraction of sp³-hybridized carbons (Fsp3) is 0.708. The van der Waals surface area contributed by atoms with E-state index >= 15 is 0 Å². The SMILES string of the molecule is CNCCCC(F)C[C@@H]1Cc2cc(O)ccc2[C@H]2CC[C@]3(C)C(=O)CC[C@H]3[C@H]12. The van der Waals surface area contributed by atoms with Gasteiger partial charge in [-0.2, -0.15) is 0 Å². The number of fused-ring (bicyclic) bond motifs is 5. The molecule has 1 aromatic carbocycles. The monoisotopic (exact) mass is 387 g/mol. The number of alkyl halides is 1. The Balaban J connectivity index is 1.63. The molecule has 3 aliphatic rings. The van der Waals surface area contributed by atoms with Crippen molar-refractivity contribution in [3.63, 3.8) is 0 Å². The highest BCUT2D eigenvalue weighted by Gasteiger charge is 2.56. The van der Waals surface area contributed by atoms with Gasteiger partial charge in [-0.15, -0.1) is 0 Å². The van der Waals surface area contributed by atoms with Gasteiger partial charge in [0.1, 0.15) is 17.7 Å². The van der Waals surface area contributed by atoms with Gasteiger partial charge in [-0.25, -0.2) is 4.39 Å². The summed E-state index contributed by atoms with van der Waals surface area (Å²) in [6.45, 7) is 3.02. The molecule has 2 fully saturated rings. The van der Waals surface area contributed by atoms with Crippen molar-refractivity contribution < 1.29 is 14.3 Å². The number of carbonyl (C=O) groups excluding carboxylic acids is 1. The van der Waals surface area contributed by atoms with Gasteiger partial charge in [-0.05, 0) is 105 Å². The third-order valence-corrected chi connectivity index (χ3v) is 8.10. The predicted molar refractivity (Wildman–Crippen MR) is 109 cm³/mol. The van der Waals surface area contributed by atoms with Crippen molar-refractivity contribution in [2.75, 3.05) is 13.6 Å². The molecule has 1 unspecified atom stereocenters. The van der Waals surface area contributed by atoms with E-state index < -0.39 is 6.17 Å². The first kappa shape index (κ1) is 19.9. The van der Waals surface area contributed by atoms with Crippen LogP contribution in [0.1, 0.15) is 68.9 Å². The molecule has 4 heteroatoms. The third kappa shape index (κ3) is 3.38. The van der Waals surface area contributed by atoms with Crippen LogP contribution < -0.4 is 5.32 Å². The van der Waals surface area contributed by atoms with E-state index in [0.29, 0.717) is 48.5 Å². The topological polar surface area (TPSA) is 49.3 Å². The second-order valence-electron chi connectivity index (χ2n) is 9.63. The van der Waals surface area contributed by atoms with E-state index in [-0.39, 0.29) is 11.3 Å². The lowest BCUT2D eigenvalue weighted by Crippen LogP contribution is -2.46. The average molecular weight is 388 g/mol. The lowest BCUT2D eigenvalue weighted by atomic mass is 9.52. The van der Waals surface area contributed by atoms with Gasteiger partial charge in [0.2, 0.25) is 0 Å². The molecule has 0 heterocycles. The fourth-order valence-corrected chi connectivity index (χ4v) is 6.72. The number of rotatable bonds is 6. The number of phenolic OH excluding ortho intramolecular Hbond substituents is 1. The van der Waals surface area contributed by atoms with Crippen molar-refractivity contribution in [3.05, 3.63) is 29.3 Å². The number of nitrogens with one attached hydrogen (secondary N) is 1. The zero-order valence-electron chi connectivity index (χ0n) is 17.2. The number of aromatic hydroxyl groups is 1. The number of carbonyl (C=O) groups is 1. The largest absolute Gasteiger partial charge is 0.508 e. The minimum Gasteiger partial charge on any atom is -0.508 e. The summed E-state index contributed by atoms with van der Waals surface area (Å²) >= 11 is 0. The Hall–Kier alpha value is -1.42. The van der Waals surface area contributed by atoms with Crippen LogP contribution in [-0.4, -0.2) is 30.7 Å². The summed E-state index contributed by atoms with van der Waals surface area (Å²) < 4.78 is 14.9. The molecule has 28 heavy (non-hydrogen) atoms. The minimum atomic E-state index is -0.789. The molecule has 0 radical (unpaired) electrons. The summed E-state index contributed by atoms with van der Waals surface area (Å²) in [4.78, 5) is 12.7. The average Bonchev–Trinajstić information content (AvgIpc) is 2.96. The molecule has 0 bridgehead atoms. The maximum absolute atomic E-state index is 14.9. The highest BCUT2D eigenvalue weighted by atomic mass is 19.1. The Kier molecular flexibility index (Phi) is 5.52. The van der Waals surface area contributed by atoms with Gasteiger partial charge in [0.15, 0.2) is 0 Å². The van der Waals surface area contributed by atoms with E-state index in [0.717, 1.165) is 38.6 Å². The van der Waals surface area contributed by atoms with Crippen LogP contribution in [0, 0.1) is 23.2 Å². The fourth-order valence-electron chi connectivity index (χ4n) is 6.72. The smallest absolute Gasteiger partial charge is 0.139 e. The van der Waals surface area contributed by atoms with Gasteiger partial charge < -0.3 is 10.4 Å². The maximum atomic E-state index is 14.9. The number of phenols is 1. The number of halogens is 1. The summed E-state index contributed by atoms with van der Waals surface area (Å²) in [5, 5.41) is 13.1. The van der Waals surface area contributed by atoms with Gasteiger partial charge in [0.05, 0.1) is 0 Å². The van der Waals surface area contributed by atoms with Crippen molar-refractivity contribution in [3.8, 4) is 5.75 Å². The summed E-state index contributed by atoms with van der Waals surface area (Å²) in [5.41, 5.74) is 2.33. The molecule has 0 amide bonds. The Bertz CT molecular complexity index is 735. The minimum absolute atomic E-state index is 0.203. The molecule has 2 saturated carbocycles. The third-order valence-electron chi connectivity index (χ3n) is 8.10. The standard InChI is InChI=1S/C24H34FNO2/c1-24-10-9-20-19-6-5-18(27)14-15(19)12-16(13-17(25)4-3-11-26-2)23(20)21(24)7-8-22(24)28/h5-6,14,16-17,20-21,23,26-27H,3-4,7-13H2,1-2H3/t16-,17?,20+,21-,23+,24-/m0/s1. The predicted octanol–water partition coefficient (Wildman–Crippen LogP) is 4.77. The molecule has 3 nitrogen and oxygen atoms in total. The maximum Gasteiger partial charge on any atom is 0.139 e. The van der Waals surface area contributed by atoms with Gasteiger partial charge in [-0.3, -0.25) is 4.79 Å². The Labute approximate surface area is 168 Å². The molecule has 4 rings (SSSR count). The summed E-state index contributed by atoms with van der Waals surface area (Å²) in [5.74, 6) is 2.18. The molecule has 154 valence electrons. The van der Waals surface area contributed by atoms with Crippen LogP contribution in [0.5, 0.6) is 5.75 Å². The second kappa shape index (κ2) is 7.78. The van der Waals surface area contributed by atoms with E-state index in [1.165, 1.54) is 11.1 Å². The van der Waals surface area contributed by atoms with Crippen LogP contribution in [0.15, 0.2) is 18.2 Å². The molecular formula is C24H34FNO2. The first-order chi connectivity index (χ1) is 13.4. The van der Waals surface area contributed by atoms with E-state index in [1.807, 2.05) is 13.1 Å². The Morgan fingerprint density at radius 3 is 2.96 bits per heavy atom. The highest BCUT2D eigenvalue weighted by molar-refractivity contribution is 5.87. The molecule has 0 aromatic heterocycles. The molecule has 3 aliphatic carbocycles. The number of hydrogen-bond donors (Lipinski definition) is 2. The van der Waals surface area contributed by atoms with Crippen LogP contribution in [-0.2, 0) is 11.2 Å². The van der Waals surface area contributed by atoms with E-state index in [1.54, 1.807) is 6.07 Å². The molecule has 2 N–H and O–H groups in total. The molecule has 6 atom stereocenters. The van der Waals surface area contributed by atoms with Crippen molar-refractivity contribution in [2.24, 2.45) is 23.2 Å². The number of ketones is 1. The second-order valence-corrected chi connectivity index (χ2v) is 9.63. The molecule has 0 spiro atoms. The Morgan fingerprint density at radius 1 is 1.36 bits per heavy atom. The van der Waals surface area contributed by atoms with E-state index in [2.05, 4.69) is 18.3 Å². The number of hydrogen-bond acceptors (Lipinski definition) is 3. The van der Waals surface area contributed by atoms with Crippen molar-refractivity contribution in [1.29, 1.82) is 0 Å². The summed E-state index contributed by atoms with van der Waals surface area (Å²) in [6, 6.07) is 5.76. The molecule has 0 aliphatic heterocycles. The highest BCUT2D eigenvalue weighted by Crippen LogP contribution is 2.61. The Morgan fingerprint density at radius 2 is 2.18 bits per heavy atom. The zero-order chi connectivity index (χ0) is 19.9. The lowest BCUT2D eigenvalue weighted by Gasteiger charge is -2.52. The summed E-state index contributed by atoms with van der Waals surface area (Å²) in [7, 11) is 1.91. The van der Waals surface area contributed by atoms with Gasteiger partial charge in [-0.1, -0.05) is 13.0 Å². The molecular weight excluding hydrogens is 353 g/mol. The normalized spacial score (nSPS) is 35.2. The van der Waals surface area contributed by atoms with E-state index in [9.17, 15) is 14.3 Å². The lowest BCUT2D eigenvalue weighted by molar-refractivity contribution is -0.130. The van der Waals surface area contributed by atoms with Crippen LogP contribution in [0.3, 0.4) is 0 Å².